The van der Waals surface area contributed by atoms with E-state index in [4.69, 9.17) is 11.6 Å². The summed E-state index contributed by atoms with van der Waals surface area (Å²) < 4.78 is 1.83. The average Bonchev–Trinajstić information content (AvgIpc) is 2.92. The maximum Gasteiger partial charge on any atom is 0.230 e. The van der Waals surface area contributed by atoms with Gasteiger partial charge < -0.3 is 5.32 Å². The topological polar surface area (TPSA) is 46.9 Å². The van der Waals surface area contributed by atoms with Crippen molar-refractivity contribution in [2.75, 3.05) is 0 Å². The summed E-state index contributed by atoms with van der Waals surface area (Å²) in [6.45, 7) is 2.68. The first kappa shape index (κ1) is 15.1. The maximum atomic E-state index is 12.8. The van der Waals surface area contributed by atoms with Crippen LogP contribution in [0, 0.1) is 0 Å². The minimum atomic E-state index is -0.386. The fourth-order valence-corrected chi connectivity index (χ4v) is 3.17. The highest BCUT2D eigenvalue weighted by molar-refractivity contribution is 6.30. The summed E-state index contributed by atoms with van der Waals surface area (Å²) in [4.78, 5) is 12.8. The number of hydrogen-bond donors (Lipinski definition) is 1. The Morgan fingerprint density at radius 2 is 2.14 bits per heavy atom. The van der Waals surface area contributed by atoms with Crippen LogP contribution in [0.5, 0.6) is 0 Å². The molecule has 3 rings (SSSR count). The molecule has 1 amide bonds. The SMILES string of the molecule is C[C@@H](Cn1cccn1)NC(=O)C1(c2ccc(Cl)cc2)CCC1. The molecule has 1 saturated carbocycles. The van der Waals surface area contributed by atoms with Gasteiger partial charge in [-0.2, -0.15) is 5.10 Å². The minimum Gasteiger partial charge on any atom is -0.351 e. The fraction of sp³-hybridized carbons (Fsp3) is 0.412. The molecular formula is C17H20ClN3O. The molecule has 1 aromatic carbocycles. The minimum absolute atomic E-state index is 0.0391. The van der Waals surface area contributed by atoms with Gasteiger partial charge in [0.05, 0.1) is 12.0 Å². The van der Waals surface area contributed by atoms with Crippen molar-refractivity contribution in [3.8, 4) is 0 Å². The van der Waals surface area contributed by atoms with E-state index in [1.54, 1.807) is 6.20 Å². The van der Waals surface area contributed by atoms with Crippen LogP contribution in [0.1, 0.15) is 31.7 Å². The predicted molar refractivity (Wildman–Crippen MR) is 86.8 cm³/mol. The van der Waals surface area contributed by atoms with Crippen molar-refractivity contribution in [3.05, 3.63) is 53.3 Å². The summed E-state index contributed by atoms with van der Waals surface area (Å²) in [7, 11) is 0. The molecule has 0 spiro atoms. The van der Waals surface area contributed by atoms with Gasteiger partial charge in [-0.15, -0.1) is 0 Å². The van der Waals surface area contributed by atoms with Gasteiger partial charge in [0.1, 0.15) is 0 Å². The standard InChI is InChI=1S/C17H20ClN3O/c1-13(12-21-11-3-10-19-21)20-16(22)17(8-2-9-17)14-4-6-15(18)7-5-14/h3-7,10-11,13H,2,8-9,12H2,1H3,(H,20,22)/t13-/m0/s1. The highest BCUT2D eigenvalue weighted by Gasteiger charge is 2.45. The maximum absolute atomic E-state index is 12.8. The third kappa shape index (κ3) is 2.88. The molecule has 0 saturated heterocycles. The molecule has 1 N–H and O–H groups in total. The molecule has 1 aromatic heterocycles. The smallest absolute Gasteiger partial charge is 0.230 e. The van der Waals surface area contributed by atoms with E-state index in [0.717, 1.165) is 24.8 Å². The Hall–Kier alpha value is -1.81. The third-order valence-corrected chi connectivity index (χ3v) is 4.69. The van der Waals surface area contributed by atoms with Crippen LogP contribution in [0.2, 0.25) is 5.02 Å². The first-order chi connectivity index (χ1) is 10.6. The van der Waals surface area contributed by atoms with Gasteiger partial charge in [-0.05, 0) is 43.5 Å². The molecule has 1 fully saturated rings. The number of hydrogen-bond acceptors (Lipinski definition) is 2. The number of carbonyl (C=O) groups excluding carboxylic acids is 1. The Kier molecular flexibility index (Phi) is 4.21. The number of amides is 1. The van der Waals surface area contributed by atoms with Crippen LogP contribution in [-0.2, 0) is 16.8 Å². The zero-order valence-corrected chi connectivity index (χ0v) is 13.4. The zero-order valence-electron chi connectivity index (χ0n) is 12.6. The van der Waals surface area contributed by atoms with Crippen LogP contribution in [0.15, 0.2) is 42.7 Å². The van der Waals surface area contributed by atoms with Gasteiger partial charge in [0.15, 0.2) is 0 Å². The molecule has 1 atom stereocenters. The summed E-state index contributed by atoms with van der Waals surface area (Å²) in [5, 5.41) is 8.02. The van der Waals surface area contributed by atoms with Crippen molar-refractivity contribution in [2.45, 2.75) is 44.2 Å². The Labute approximate surface area is 135 Å². The van der Waals surface area contributed by atoms with Crippen molar-refractivity contribution in [2.24, 2.45) is 0 Å². The van der Waals surface area contributed by atoms with Gasteiger partial charge in [0.25, 0.3) is 0 Å². The van der Waals surface area contributed by atoms with E-state index in [2.05, 4.69) is 10.4 Å². The summed E-state index contributed by atoms with van der Waals surface area (Å²) in [5.41, 5.74) is 0.676. The molecule has 22 heavy (non-hydrogen) atoms. The molecule has 116 valence electrons. The van der Waals surface area contributed by atoms with Crippen molar-refractivity contribution in [1.82, 2.24) is 15.1 Å². The molecule has 5 heteroatoms. The van der Waals surface area contributed by atoms with E-state index in [1.807, 2.05) is 48.1 Å². The van der Waals surface area contributed by atoms with Crippen LogP contribution < -0.4 is 5.32 Å². The summed E-state index contributed by atoms with van der Waals surface area (Å²) in [6.07, 6.45) is 6.53. The van der Waals surface area contributed by atoms with Gasteiger partial charge in [0.2, 0.25) is 5.91 Å². The van der Waals surface area contributed by atoms with Crippen LogP contribution >= 0.6 is 11.6 Å². The average molecular weight is 318 g/mol. The predicted octanol–water partition coefficient (Wildman–Crippen LogP) is 3.16. The Morgan fingerprint density at radius 3 is 2.68 bits per heavy atom. The van der Waals surface area contributed by atoms with Crippen LogP contribution in [-0.4, -0.2) is 21.7 Å². The van der Waals surface area contributed by atoms with Gasteiger partial charge in [-0.1, -0.05) is 30.2 Å². The summed E-state index contributed by atoms with van der Waals surface area (Å²) in [6, 6.07) is 9.58. The fourth-order valence-electron chi connectivity index (χ4n) is 3.04. The molecule has 0 aliphatic heterocycles. The van der Waals surface area contributed by atoms with E-state index in [1.165, 1.54) is 0 Å². The summed E-state index contributed by atoms with van der Waals surface area (Å²) >= 11 is 5.96. The Bertz CT molecular complexity index is 632. The van der Waals surface area contributed by atoms with Crippen molar-refractivity contribution < 1.29 is 4.79 Å². The van der Waals surface area contributed by atoms with E-state index < -0.39 is 0 Å². The van der Waals surface area contributed by atoms with Crippen LogP contribution in [0.25, 0.3) is 0 Å². The van der Waals surface area contributed by atoms with Crippen molar-refractivity contribution in [3.63, 3.8) is 0 Å². The lowest BCUT2D eigenvalue weighted by Gasteiger charge is -2.41. The second-order valence-electron chi connectivity index (χ2n) is 6.05. The molecule has 0 unspecified atom stereocenters. The highest BCUT2D eigenvalue weighted by Crippen LogP contribution is 2.44. The number of nitrogens with one attached hydrogen (secondary N) is 1. The van der Waals surface area contributed by atoms with Crippen molar-refractivity contribution in [1.29, 1.82) is 0 Å². The lowest BCUT2D eigenvalue weighted by molar-refractivity contribution is -0.130. The van der Waals surface area contributed by atoms with E-state index in [9.17, 15) is 4.79 Å². The third-order valence-electron chi connectivity index (χ3n) is 4.44. The number of aromatic nitrogens is 2. The first-order valence-corrected chi connectivity index (χ1v) is 8.02. The van der Waals surface area contributed by atoms with Crippen LogP contribution in [0.3, 0.4) is 0 Å². The molecule has 0 bridgehead atoms. The molecule has 4 nitrogen and oxygen atoms in total. The second kappa shape index (κ2) is 6.13. The first-order valence-electron chi connectivity index (χ1n) is 7.65. The Morgan fingerprint density at radius 1 is 1.41 bits per heavy atom. The molecule has 0 radical (unpaired) electrons. The summed E-state index contributed by atoms with van der Waals surface area (Å²) in [5.74, 6) is 0.112. The van der Waals surface area contributed by atoms with E-state index in [-0.39, 0.29) is 17.4 Å². The molecule has 1 heterocycles. The molecular weight excluding hydrogens is 298 g/mol. The van der Waals surface area contributed by atoms with Crippen LogP contribution in [0.4, 0.5) is 0 Å². The normalized spacial score (nSPS) is 17.5. The van der Waals surface area contributed by atoms with Gasteiger partial charge in [-0.3, -0.25) is 9.48 Å². The Balaban J connectivity index is 1.70. The van der Waals surface area contributed by atoms with Crippen molar-refractivity contribution >= 4 is 17.5 Å². The number of rotatable bonds is 5. The number of benzene rings is 1. The number of nitrogens with zero attached hydrogens (tertiary/aromatic N) is 2. The highest BCUT2D eigenvalue weighted by atomic mass is 35.5. The molecule has 2 aromatic rings. The zero-order chi connectivity index (χ0) is 15.6. The van der Waals surface area contributed by atoms with E-state index in [0.29, 0.717) is 11.6 Å². The van der Waals surface area contributed by atoms with E-state index >= 15 is 0 Å². The van der Waals surface area contributed by atoms with Gasteiger partial charge in [0, 0.05) is 23.5 Å². The monoisotopic (exact) mass is 317 g/mol. The second-order valence-corrected chi connectivity index (χ2v) is 6.48. The lowest BCUT2D eigenvalue weighted by Crippen LogP contribution is -2.52. The quantitative estimate of drug-likeness (QED) is 0.920. The van der Waals surface area contributed by atoms with Gasteiger partial charge in [-0.25, -0.2) is 0 Å². The molecule has 1 aliphatic rings. The number of carbonyl (C=O) groups is 1. The van der Waals surface area contributed by atoms with Gasteiger partial charge >= 0.3 is 0 Å². The number of halogens is 1. The largest absolute Gasteiger partial charge is 0.351 e. The lowest BCUT2D eigenvalue weighted by atomic mass is 9.63. The molecule has 1 aliphatic carbocycles.